The normalized spacial score (nSPS) is 25.7. The SMILES string of the molecule is CCC(O)COC1OC(CSOO[O-])C(O[Si](C)(C)C(C)(C)C)C(O[Si](C)(C)C(C)(C)C)C1O[Si](C)(C)C(C)(C)C.[Na+]. The number of aliphatic hydroxyl groups is 1. The van der Waals surface area contributed by atoms with Crippen molar-refractivity contribution in [1.82, 2.24) is 0 Å². The van der Waals surface area contributed by atoms with E-state index in [-0.39, 0.29) is 57.0 Å². The Morgan fingerprint density at radius 2 is 1.17 bits per heavy atom. The van der Waals surface area contributed by atoms with Crippen LogP contribution < -0.4 is 34.8 Å². The van der Waals surface area contributed by atoms with E-state index >= 15 is 0 Å². The zero-order valence-corrected chi connectivity index (χ0v) is 35.5. The Kier molecular flexibility index (Phi) is 17.3. The van der Waals surface area contributed by atoms with Crippen molar-refractivity contribution in [2.45, 2.75) is 167 Å². The van der Waals surface area contributed by atoms with Crippen molar-refractivity contribution in [3.8, 4) is 0 Å². The Bertz CT molecular complexity index is 801. The Morgan fingerprint density at radius 3 is 1.55 bits per heavy atom. The van der Waals surface area contributed by atoms with E-state index in [1.54, 1.807) is 0 Å². The first-order chi connectivity index (χ1) is 18.3. The van der Waals surface area contributed by atoms with Gasteiger partial charge in [0.2, 0.25) is 0 Å². The molecule has 246 valence electrons. The van der Waals surface area contributed by atoms with Crippen molar-refractivity contribution in [3.05, 3.63) is 0 Å². The third kappa shape index (κ3) is 12.0. The van der Waals surface area contributed by atoms with Gasteiger partial charge in [0.25, 0.3) is 0 Å². The summed E-state index contributed by atoms with van der Waals surface area (Å²) in [6.07, 6.45) is -3.09. The number of hydrogen-bond acceptors (Lipinski definition) is 10. The van der Waals surface area contributed by atoms with E-state index < -0.39 is 61.8 Å². The quantitative estimate of drug-likeness (QED) is 0.0963. The van der Waals surface area contributed by atoms with Crippen LogP contribution in [0.4, 0.5) is 0 Å². The van der Waals surface area contributed by atoms with Crippen LogP contribution in [0.2, 0.25) is 54.4 Å². The maximum absolute atomic E-state index is 10.7. The molecule has 0 aromatic carbocycles. The van der Waals surface area contributed by atoms with Crippen molar-refractivity contribution in [2.24, 2.45) is 0 Å². The second kappa shape index (κ2) is 16.6. The third-order valence-corrected chi connectivity index (χ3v) is 23.6. The second-order valence-corrected chi connectivity index (χ2v) is 30.9. The van der Waals surface area contributed by atoms with E-state index in [1.165, 1.54) is 0 Å². The van der Waals surface area contributed by atoms with Gasteiger partial charge in [0.05, 0.1) is 30.7 Å². The van der Waals surface area contributed by atoms with Crippen LogP contribution >= 0.6 is 12.0 Å². The predicted molar refractivity (Wildman–Crippen MR) is 172 cm³/mol. The number of rotatable bonds is 14. The van der Waals surface area contributed by atoms with Crippen molar-refractivity contribution in [2.75, 3.05) is 12.4 Å². The molecule has 1 heterocycles. The average Bonchev–Trinajstić information content (AvgIpc) is 2.78. The molecule has 0 radical (unpaired) electrons. The van der Waals surface area contributed by atoms with Crippen LogP contribution in [0.15, 0.2) is 0 Å². The molecule has 0 amide bonds. The van der Waals surface area contributed by atoms with Crippen LogP contribution in [0.3, 0.4) is 0 Å². The summed E-state index contributed by atoms with van der Waals surface area (Å²) in [6.45, 7) is 35.1. The molecule has 14 heteroatoms. The van der Waals surface area contributed by atoms with Crippen LogP contribution in [0.25, 0.3) is 0 Å². The van der Waals surface area contributed by atoms with Crippen LogP contribution in [-0.4, -0.2) is 79.2 Å². The molecule has 0 aliphatic carbocycles. The van der Waals surface area contributed by atoms with Crippen LogP contribution in [-0.2, 0) is 32.1 Å². The molecule has 0 bridgehead atoms. The summed E-state index contributed by atoms with van der Waals surface area (Å²) in [4.78, 5) is 0. The van der Waals surface area contributed by atoms with E-state index in [0.717, 1.165) is 12.0 Å². The van der Waals surface area contributed by atoms with E-state index in [2.05, 4.69) is 111 Å². The fraction of sp³-hybridized carbons (Fsp3) is 1.00. The van der Waals surface area contributed by atoms with E-state index in [0.29, 0.717) is 6.42 Å². The maximum Gasteiger partial charge on any atom is 1.00 e. The first kappa shape index (κ1) is 43.6. The van der Waals surface area contributed by atoms with Crippen molar-refractivity contribution < 1.29 is 72.0 Å². The Morgan fingerprint density at radius 1 is 0.762 bits per heavy atom. The molecule has 0 aromatic heterocycles. The van der Waals surface area contributed by atoms with Gasteiger partial charge in [-0.25, -0.2) is 0 Å². The molecular weight excluding hydrogens is 620 g/mol. The summed E-state index contributed by atoms with van der Waals surface area (Å²) in [7, 11) is -7.08. The van der Waals surface area contributed by atoms with Crippen molar-refractivity contribution >= 4 is 37.0 Å². The van der Waals surface area contributed by atoms with Crippen LogP contribution in [0, 0.1) is 0 Å². The van der Waals surface area contributed by atoms with Crippen LogP contribution in [0.1, 0.15) is 75.7 Å². The minimum absolute atomic E-state index is 0. The Hall–Kier alpha value is 1.64. The van der Waals surface area contributed by atoms with Gasteiger partial charge in [-0.05, 0) is 60.8 Å². The molecule has 0 saturated carbocycles. The molecule has 9 nitrogen and oxygen atoms in total. The number of hydrogen-bond donors (Lipinski definition) is 1. The summed E-state index contributed by atoms with van der Waals surface area (Å²) in [6, 6.07) is 0. The molecule has 1 saturated heterocycles. The first-order valence-electron chi connectivity index (χ1n) is 14.9. The fourth-order valence-corrected chi connectivity index (χ4v) is 7.94. The van der Waals surface area contributed by atoms with Crippen molar-refractivity contribution in [3.63, 3.8) is 0 Å². The van der Waals surface area contributed by atoms with Crippen LogP contribution in [0.5, 0.6) is 0 Å². The molecule has 1 aliphatic heterocycles. The number of ether oxygens (including phenoxy) is 2. The molecule has 0 aromatic rings. The molecule has 0 spiro atoms. The van der Waals surface area contributed by atoms with Gasteiger partial charge in [0, 0.05) is 12.0 Å². The minimum Gasteiger partial charge on any atom is -0.691 e. The van der Waals surface area contributed by atoms with Gasteiger partial charge in [-0.15, -0.1) is 0 Å². The monoisotopic (exact) mass is 680 g/mol. The molecule has 1 aliphatic rings. The summed E-state index contributed by atoms with van der Waals surface area (Å²) in [5.41, 5.74) is 0. The predicted octanol–water partition coefficient (Wildman–Crippen LogP) is 3.55. The van der Waals surface area contributed by atoms with E-state index in [1.807, 2.05) is 6.92 Å². The summed E-state index contributed by atoms with van der Waals surface area (Å²) < 4.78 is 39.1. The zero-order valence-electron chi connectivity index (χ0n) is 29.7. The standard InChI is InChI=1S/C28H62O9SSi3.Na/c1-17-20(29)18-31-25-24(35-41(15,16)28(8,9)10)23(34-40(13,14)27(5,6)7)22(21(32-25)19-38-37-36-30)33-39(11,12)26(2,3)4;/h20-25,29-30H,17-19H2,1-16H3;/q;+1/p-1. The van der Waals surface area contributed by atoms with Gasteiger partial charge in [0.1, 0.15) is 12.2 Å². The van der Waals surface area contributed by atoms with E-state index in [4.69, 9.17) is 22.8 Å². The molecule has 1 fully saturated rings. The summed E-state index contributed by atoms with van der Waals surface area (Å²) >= 11 is 0.867. The zero-order chi connectivity index (χ0) is 32.2. The van der Waals surface area contributed by atoms with Gasteiger partial charge in [-0.1, -0.05) is 69.2 Å². The molecule has 6 atom stereocenters. The fourth-order valence-electron chi connectivity index (χ4n) is 3.54. The molecular formula is C28H61NaO9SSi3. The topological polar surface area (TPSA) is 108 Å². The van der Waals surface area contributed by atoms with Gasteiger partial charge in [-0.2, -0.15) is 4.33 Å². The van der Waals surface area contributed by atoms with Gasteiger partial charge >= 0.3 is 29.6 Å². The molecule has 1 rings (SSSR count). The Labute approximate surface area is 286 Å². The van der Waals surface area contributed by atoms with Crippen molar-refractivity contribution in [1.29, 1.82) is 0 Å². The molecule has 42 heavy (non-hydrogen) atoms. The summed E-state index contributed by atoms with van der Waals surface area (Å²) in [5.74, 6) is 0.252. The van der Waals surface area contributed by atoms with Gasteiger partial charge in [-0.3, -0.25) is 5.04 Å². The smallest absolute Gasteiger partial charge is 0.691 e. The number of aliphatic hydroxyl groups excluding tert-OH is 1. The second-order valence-electron chi connectivity index (χ2n) is 15.9. The first-order valence-corrected chi connectivity index (χ1v) is 24.5. The maximum atomic E-state index is 10.7. The average molecular weight is 681 g/mol. The van der Waals surface area contributed by atoms with E-state index in [9.17, 15) is 10.4 Å². The summed E-state index contributed by atoms with van der Waals surface area (Å²) in [5, 5.41) is 24.5. The Balaban J connectivity index is 0.0000168. The third-order valence-electron chi connectivity index (χ3n) is 9.53. The van der Waals surface area contributed by atoms with Gasteiger partial charge < -0.3 is 33.1 Å². The molecule has 6 unspecified atom stereocenters. The minimum atomic E-state index is -2.37. The van der Waals surface area contributed by atoms with Gasteiger partial charge in [0.15, 0.2) is 31.2 Å². The molecule has 1 N–H and O–H groups in total. The largest absolute Gasteiger partial charge is 1.00 e.